The highest BCUT2D eigenvalue weighted by Crippen LogP contribution is 2.30. The lowest BCUT2D eigenvalue weighted by Gasteiger charge is -2.21. The molecule has 0 saturated heterocycles. The maximum atomic E-state index is 11.5. The molecule has 1 unspecified atom stereocenters. The van der Waals surface area contributed by atoms with E-state index in [2.05, 4.69) is 4.85 Å². The predicted molar refractivity (Wildman–Crippen MR) is 56.0 cm³/mol. The summed E-state index contributed by atoms with van der Waals surface area (Å²) in [5.41, 5.74) is -0.267. The first-order chi connectivity index (χ1) is 6.93. The molecule has 0 amide bonds. The molecule has 0 fully saturated rings. The van der Waals surface area contributed by atoms with E-state index in [1.165, 1.54) is 6.08 Å². The molecule has 4 heteroatoms. The van der Waals surface area contributed by atoms with Gasteiger partial charge in [0.25, 0.3) is 9.84 Å². The van der Waals surface area contributed by atoms with E-state index in [0.29, 0.717) is 6.42 Å². The number of rotatable bonds is 2. The summed E-state index contributed by atoms with van der Waals surface area (Å²) in [5, 5.41) is 0. The molecule has 0 heterocycles. The molecule has 0 aromatic rings. The second-order valence-electron chi connectivity index (χ2n) is 3.70. The topological polar surface area (TPSA) is 38.5 Å². The lowest BCUT2D eigenvalue weighted by Crippen LogP contribution is -2.13. The van der Waals surface area contributed by atoms with Crippen molar-refractivity contribution in [2.24, 2.45) is 5.41 Å². The third-order valence-corrected chi connectivity index (χ3v) is 3.50. The second-order valence-corrected chi connectivity index (χ2v) is 5.66. The van der Waals surface area contributed by atoms with Crippen LogP contribution in [0.2, 0.25) is 0 Å². The highest BCUT2D eigenvalue weighted by molar-refractivity contribution is 7.95. The molecule has 0 aliphatic heterocycles. The van der Waals surface area contributed by atoms with Crippen LogP contribution in [-0.4, -0.2) is 14.3 Å². The molecule has 0 aromatic carbocycles. The van der Waals surface area contributed by atoms with Gasteiger partial charge in [-0.1, -0.05) is 26.0 Å². The molecular weight excluding hydrogens is 198 g/mol. The van der Waals surface area contributed by atoms with E-state index in [4.69, 9.17) is 7.94 Å². The molecule has 1 atom stereocenters. The van der Waals surface area contributed by atoms with Gasteiger partial charge < -0.3 is 0 Å². The van der Waals surface area contributed by atoms with Gasteiger partial charge in [0, 0.05) is 1.37 Å². The van der Waals surface area contributed by atoms with Gasteiger partial charge in [-0.25, -0.2) is 15.0 Å². The van der Waals surface area contributed by atoms with E-state index in [-0.39, 0.29) is 17.2 Å². The van der Waals surface area contributed by atoms with Gasteiger partial charge in [0.05, 0.1) is 4.91 Å². The molecule has 0 radical (unpaired) electrons. The van der Waals surface area contributed by atoms with Gasteiger partial charge in [-0.15, -0.1) is 0 Å². The maximum Gasteiger partial charge on any atom is 0.316 e. The minimum atomic E-state index is -3.43. The van der Waals surface area contributed by atoms with Gasteiger partial charge in [0.1, 0.15) is 0 Å². The minimum absolute atomic E-state index is 0.212. The quantitative estimate of drug-likeness (QED) is 0.658. The Labute approximate surface area is 86.3 Å². The summed E-state index contributed by atoms with van der Waals surface area (Å²) in [6, 6.07) is 0. The van der Waals surface area contributed by atoms with Gasteiger partial charge in [-0.2, -0.15) is 0 Å². The number of sulfone groups is 1. The van der Waals surface area contributed by atoms with Crippen LogP contribution in [0.3, 0.4) is 0 Å². The third kappa shape index (κ3) is 2.46. The lowest BCUT2D eigenvalue weighted by atomic mass is 9.86. The van der Waals surface area contributed by atoms with Crippen LogP contribution in [0.1, 0.15) is 21.6 Å². The van der Waals surface area contributed by atoms with Gasteiger partial charge in [0.2, 0.25) is 0 Å². The highest BCUT2D eigenvalue weighted by atomic mass is 32.2. The van der Waals surface area contributed by atoms with Crippen molar-refractivity contribution in [3.63, 3.8) is 0 Å². The first kappa shape index (κ1) is 9.47. The van der Waals surface area contributed by atoms with Gasteiger partial charge in [0.15, 0.2) is 0 Å². The summed E-state index contributed by atoms with van der Waals surface area (Å²) in [4.78, 5) is 3.10. The smallest absolute Gasteiger partial charge is 0.299 e. The van der Waals surface area contributed by atoms with Gasteiger partial charge in [-0.05, 0) is 17.9 Å². The fraction of sp³-hybridized carbons (Fsp3) is 0.500. The normalized spacial score (nSPS) is 27.7. The van der Waals surface area contributed by atoms with Crippen LogP contribution in [0.4, 0.5) is 0 Å². The fourth-order valence-electron chi connectivity index (χ4n) is 1.14. The van der Waals surface area contributed by atoms with Crippen molar-refractivity contribution in [3.05, 3.63) is 34.6 Å². The Morgan fingerprint density at radius 1 is 1.79 bits per heavy atom. The van der Waals surface area contributed by atoms with Crippen LogP contribution in [-0.2, 0) is 9.84 Å². The summed E-state index contributed by atoms with van der Waals surface area (Å²) in [6.07, 6.45) is 5.41. The average Bonchev–Trinajstić information content (AvgIpc) is 2.18. The van der Waals surface area contributed by atoms with Gasteiger partial charge >= 0.3 is 5.88 Å². The first-order valence-electron chi connectivity index (χ1n) is 4.89. The van der Waals surface area contributed by atoms with Crippen molar-refractivity contribution in [1.29, 1.82) is 0 Å². The van der Waals surface area contributed by atoms with Crippen LogP contribution < -0.4 is 0 Å². The van der Waals surface area contributed by atoms with Crippen molar-refractivity contribution in [2.45, 2.75) is 20.2 Å². The Hall–Kier alpha value is -1.08. The van der Waals surface area contributed by atoms with E-state index < -0.39 is 15.7 Å². The molecule has 1 rings (SSSR count). The molecule has 0 bridgehead atoms. The van der Waals surface area contributed by atoms with Crippen LogP contribution in [0.5, 0.6) is 0 Å². The van der Waals surface area contributed by atoms with Gasteiger partial charge in [-0.3, -0.25) is 4.85 Å². The van der Waals surface area contributed by atoms with Crippen LogP contribution in [0, 0.1) is 12.0 Å². The van der Waals surface area contributed by atoms with E-state index in [1.807, 2.05) is 6.92 Å². The number of nitrogens with zero attached hydrogens (tertiary/aromatic N) is 1. The second kappa shape index (κ2) is 3.58. The molecule has 0 spiro atoms. The Morgan fingerprint density at radius 2 is 2.50 bits per heavy atom. The molecule has 0 aromatic heterocycles. The number of hydrogen-bond acceptors (Lipinski definition) is 2. The Balaban J connectivity index is 2.90. The average molecular weight is 212 g/mol. The van der Waals surface area contributed by atoms with E-state index in [0.717, 1.165) is 0 Å². The molecule has 14 heavy (non-hydrogen) atoms. The molecule has 1 aliphatic carbocycles. The zero-order valence-electron chi connectivity index (χ0n) is 9.03. The fourth-order valence-corrected chi connectivity index (χ4v) is 2.07. The Bertz CT molecular complexity index is 445. The molecule has 0 saturated carbocycles. The zero-order valence-corrected chi connectivity index (χ0v) is 8.84. The summed E-state index contributed by atoms with van der Waals surface area (Å²) in [6.45, 7) is 8.70. The number of allylic oxidation sites excluding steroid dienone is 3. The van der Waals surface area contributed by atoms with Crippen LogP contribution in [0.15, 0.2) is 23.1 Å². The zero-order chi connectivity index (χ0) is 11.5. The summed E-state index contributed by atoms with van der Waals surface area (Å²) in [7, 11) is -3.43. The minimum Gasteiger partial charge on any atom is -0.299 e. The number of hydrogen-bond donors (Lipinski definition) is 0. The third-order valence-electron chi connectivity index (χ3n) is 2.01. The van der Waals surface area contributed by atoms with E-state index >= 15 is 0 Å². The van der Waals surface area contributed by atoms with Crippen molar-refractivity contribution < 1.29 is 9.79 Å². The van der Waals surface area contributed by atoms with E-state index in [1.54, 1.807) is 12.2 Å². The lowest BCUT2D eigenvalue weighted by molar-refractivity contribution is 0.483. The van der Waals surface area contributed by atoms with Crippen molar-refractivity contribution in [1.82, 2.24) is 0 Å². The molecule has 0 N–H and O–H groups in total. The van der Waals surface area contributed by atoms with Crippen molar-refractivity contribution >= 4 is 9.84 Å². The largest absolute Gasteiger partial charge is 0.316 e. The Kier molecular flexibility index (Phi) is 2.42. The van der Waals surface area contributed by atoms with Crippen LogP contribution in [0.25, 0.3) is 4.85 Å². The standard InChI is InChI=1S/C10H13NO2S/c1-10(2)6-4-9(5-7-10)14(12,13)8-11-3/h4-6H,7-8H2,1-2H3/i1D. The predicted octanol–water partition coefficient (Wildman–Crippen LogP) is 2.15. The monoisotopic (exact) mass is 212 g/mol. The molecular formula is C10H13NO2S. The first-order valence-corrected chi connectivity index (χ1v) is 5.83. The molecule has 76 valence electrons. The summed E-state index contributed by atoms with van der Waals surface area (Å²) < 4.78 is 30.3. The molecule has 1 aliphatic rings. The van der Waals surface area contributed by atoms with Crippen molar-refractivity contribution in [2.75, 3.05) is 5.88 Å². The molecule has 3 nitrogen and oxygen atoms in total. The van der Waals surface area contributed by atoms with Crippen LogP contribution >= 0.6 is 0 Å². The maximum absolute atomic E-state index is 11.5. The summed E-state index contributed by atoms with van der Waals surface area (Å²) in [5.74, 6) is -0.499. The highest BCUT2D eigenvalue weighted by Gasteiger charge is 2.24. The SMILES string of the molecule is [2H]CC1(C)C=CC(S(=O)(=O)C[N+]#[C-])=CC1. The van der Waals surface area contributed by atoms with E-state index in [9.17, 15) is 8.42 Å². The Morgan fingerprint density at radius 3 is 2.93 bits per heavy atom. The van der Waals surface area contributed by atoms with Crippen molar-refractivity contribution in [3.8, 4) is 0 Å². The summed E-state index contributed by atoms with van der Waals surface area (Å²) >= 11 is 0.